The van der Waals surface area contributed by atoms with Gasteiger partial charge < -0.3 is 19.7 Å². The van der Waals surface area contributed by atoms with Gasteiger partial charge in [0.15, 0.2) is 0 Å². The van der Waals surface area contributed by atoms with Crippen molar-refractivity contribution < 1.29 is 19.1 Å². The van der Waals surface area contributed by atoms with Gasteiger partial charge >= 0.3 is 0 Å². The van der Waals surface area contributed by atoms with Crippen LogP contribution >= 0.6 is 0 Å². The average Bonchev–Trinajstić information content (AvgIpc) is 2.93. The van der Waals surface area contributed by atoms with E-state index < -0.39 is 6.04 Å². The molecule has 2 heterocycles. The van der Waals surface area contributed by atoms with Crippen LogP contribution in [0, 0.1) is 0 Å². The predicted molar refractivity (Wildman–Crippen MR) is 104 cm³/mol. The maximum Gasteiger partial charge on any atom is 0.252 e. The fourth-order valence-electron chi connectivity index (χ4n) is 3.36. The van der Waals surface area contributed by atoms with Crippen molar-refractivity contribution >= 4 is 23.2 Å². The monoisotopic (exact) mass is 375 g/mol. The molecule has 2 amide bonds. The zero-order valence-corrected chi connectivity index (χ0v) is 16.1. The van der Waals surface area contributed by atoms with Gasteiger partial charge in [0.25, 0.3) is 5.91 Å². The van der Waals surface area contributed by atoms with Crippen molar-refractivity contribution in [2.24, 2.45) is 0 Å². The van der Waals surface area contributed by atoms with Crippen LogP contribution in [0.1, 0.15) is 26.7 Å². The van der Waals surface area contributed by atoms with Crippen LogP contribution in [0.3, 0.4) is 0 Å². The Morgan fingerprint density at radius 1 is 1.19 bits per heavy atom. The number of anilines is 2. The second-order valence-corrected chi connectivity index (χ2v) is 7.20. The average molecular weight is 375 g/mol. The number of hydrogen-bond acceptors (Lipinski definition) is 6. The highest BCUT2D eigenvalue weighted by molar-refractivity contribution is 6.06. The number of hydrogen-bond donors (Lipinski definition) is 1. The molecule has 2 aliphatic heterocycles. The maximum absolute atomic E-state index is 12.5. The van der Waals surface area contributed by atoms with Crippen molar-refractivity contribution in [1.82, 2.24) is 4.90 Å². The van der Waals surface area contributed by atoms with E-state index in [4.69, 9.17) is 9.47 Å². The molecule has 0 bridgehead atoms. The Balaban J connectivity index is 1.51. The van der Waals surface area contributed by atoms with E-state index in [0.717, 1.165) is 37.7 Å². The Hall–Kier alpha value is -2.12. The van der Waals surface area contributed by atoms with Crippen molar-refractivity contribution in [1.29, 1.82) is 0 Å². The molecule has 2 fully saturated rings. The molecule has 0 aliphatic carbocycles. The third-order valence-corrected chi connectivity index (χ3v) is 4.81. The Bertz CT molecular complexity index is 641. The zero-order valence-electron chi connectivity index (χ0n) is 16.1. The molecule has 2 aliphatic rings. The SMILES string of the molecule is CC(C)OCCCN1C(=O)C[C@@H](Nc2ccc(N3CCOCC3)cc2)C1=O. The maximum atomic E-state index is 12.5. The minimum Gasteiger partial charge on any atom is -0.379 e. The Morgan fingerprint density at radius 2 is 1.89 bits per heavy atom. The van der Waals surface area contributed by atoms with Crippen LogP contribution in [-0.2, 0) is 19.1 Å². The van der Waals surface area contributed by atoms with E-state index in [1.807, 2.05) is 38.1 Å². The van der Waals surface area contributed by atoms with Crippen molar-refractivity contribution in [2.45, 2.75) is 38.8 Å². The van der Waals surface area contributed by atoms with Gasteiger partial charge in [-0.15, -0.1) is 0 Å². The standard InChI is InChI=1S/C20H29N3O4/c1-15(2)27-11-3-8-23-19(24)14-18(20(23)25)21-16-4-6-17(7-5-16)22-9-12-26-13-10-22/h4-7,15,18,21H,3,8-14H2,1-2H3/t18-/m1/s1. The summed E-state index contributed by atoms with van der Waals surface area (Å²) in [6.45, 7) is 8.17. The molecule has 3 rings (SSSR count). The molecule has 0 aromatic heterocycles. The minimum absolute atomic E-state index is 0.119. The van der Waals surface area contributed by atoms with E-state index in [1.165, 1.54) is 4.90 Å². The lowest BCUT2D eigenvalue weighted by Crippen LogP contribution is -2.36. The van der Waals surface area contributed by atoms with E-state index in [0.29, 0.717) is 19.6 Å². The zero-order chi connectivity index (χ0) is 19.2. The van der Waals surface area contributed by atoms with Crippen LogP contribution in [-0.4, -0.2) is 68.3 Å². The highest BCUT2D eigenvalue weighted by atomic mass is 16.5. The van der Waals surface area contributed by atoms with Crippen LogP contribution in [0.15, 0.2) is 24.3 Å². The van der Waals surface area contributed by atoms with Crippen LogP contribution in [0.4, 0.5) is 11.4 Å². The molecule has 1 aromatic carbocycles. The molecular formula is C20H29N3O4. The molecule has 148 valence electrons. The first-order valence-electron chi connectivity index (χ1n) is 9.69. The number of nitrogens with one attached hydrogen (secondary N) is 1. The Kier molecular flexibility index (Phi) is 6.68. The van der Waals surface area contributed by atoms with Crippen LogP contribution in [0.5, 0.6) is 0 Å². The number of benzene rings is 1. The van der Waals surface area contributed by atoms with Gasteiger partial charge in [-0.05, 0) is 44.5 Å². The summed E-state index contributed by atoms with van der Waals surface area (Å²) in [6.07, 6.45) is 1.02. The molecular weight excluding hydrogens is 346 g/mol. The Labute approximate surface area is 160 Å². The van der Waals surface area contributed by atoms with Crippen molar-refractivity contribution in [3.8, 4) is 0 Å². The summed E-state index contributed by atoms with van der Waals surface area (Å²) in [5.74, 6) is -0.270. The van der Waals surface area contributed by atoms with Gasteiger partial charge in [-0.1, -0.05) is 0 Å². The summed E-state index contributed by atoms with van der Waals surface area (Å²) < 4.78 is 10.9. The first-order chi connectivity index (χ1) is 13.0. The van der Waals surface area contributed by atoms with E-state index in [1.54, 1.807) is 0 Å². The molecule has 27 heavy (non-hydrogen) atoms. The summed E-state index contributed by atoms with van der Waals surface area (Å²) in [4.78, 5) is 28.3. The van der Waals surface area contributed by atoms with Gasteiger partial charge in [0.1, 0.15) is 6.04 Å². The number of morpholine rings is 1. The molecule has 2 saturated heterocycles. The molecule has 1 aromatic rings. The summed E-state index contributed by atoms with van der Waals surface area (Å²) in [5.41, 5.74) is 1.99. The highest BCUT2D eigenvalue weighted by Gasteiger charge is 2.38. The fourth-order valence-corrected chi connectivity index (χ4v) is 3.36. The van der Waals surface area contributed by atoms with Crippen LogP contribution < -0.4 is 10.2 Å². The number of carbonyl (C=O) groups excluding carboxylic acids is 2. The molecule has 0 spiro atoms. The van der Waals surface area contributed by atoms with Gasteiger partial charge in [0.2, 0.25) is 5.91 Å². The van der Waals surface area contributed by atoms with E-state index >= 15 is 0 Å². The second kappa shape index (κ2) is 9.19. The lowest BCUT2D eigenvalue weighted by molar-refractivity contribution is -0.138. The summed E-state index contributed by atoms with van der Waals surface area (Å²) in [6, 6.07) is 7.51. The molecule has 0 unspecified atom stereocenters. The van der Waals surface area contributed by atoms with E-state index in [-0.39, 0.29) is 24.3 Å². The molecule has 7 heteroatoms. The predicted octanol–water partition coefficient (Wildman–Crippen LogP) is 1.88. The first-order valence-corrected chi connectivity index (χ1v) is 9.69. The second-order valence-electron chi connectivity index (χ2n) is 7.20. The van der Waals surface area contributed by atoms with Gasteiger partial charge in [-0.3, -0.25) is 14.5 Å². The fraction of sp³-hybridized carbons (Fsp3) is 0.600. The van der Waals surface area contributed by atoms with E-state index in [2.05, 4.69) is 10.2 Å². The van der Waals surface area contributed by atoms with E-state index in [9.17, 15) is 9.59 Å². The van der Waals surface area contributed by atoms with Crippen LogP contribution in [0.2, 0.25) is 0 Å². The highest BCUT2D eigenvalue weighted by Crippen LogP contribution is 2.22. The smallest absolute Gasteiger partial charge is 0.252 e. The van der Waals surface area contributed by atoms with Gasteiger partial charge in [0.05, 0.1) is 25.7 Å². The summed E-state index contributed by atoms with van der Waals surface area (Å²) >= 11 is 0. The number of likely N-dealkylation sites (tertiary alicyclic amines) is 1. The van der Waals surface area contributed by atoms with Gasteiger partial charge in [-0.25, -0.2) is 0 Å². The lowest BCUT2D eigenvalue weighted by atomic mass is 10.2. The number of carbonyl (C=O) groups is 2. The Morgan fingerprint density at radius 3 is 2.56 bits per heavy atom. The molecule has 1 N–H and O–H groups in total. The lowest BCUT2D eigenvalue weighted by Gasteiger charge is -2.29. The quantitative estimate of drug-likeness (QED) is 0.553. The largest absolute Gasteiger partial charge is 0.379 e. The third-order valence-electron chi connectivity index (χ3n) is 4.81. The van der Waals surface area contributed by atoms with Crippen molar-refractivity contribution in [3.05, 3.63) is 24.3 Å². The normalized spacial score (nSPS) is 20.6. The molecule has 1 atom stereocenters. The third kappa shape index (κ3) is 5.20. The molecule has 0 saturated carbocycles. The molecule has 0 radical (unpaired) electrons. The van der Waals surface area contributed by atoms with Gasteiger partial charge in [-0.2, -0.15) is 0 Å². The van der Waals surface area contributed by atoms with Crippen molar-refractivity contribution in [3.63, 3.8) is 0 Å². The van der Waals surface area contributed by atoms with Gasteiger partial charge in [0, 0.05) is 37.6 Å². The number of amides is 2. The summed E-state index contributed by atoms with van der Waals surface area (Å²) in [5, 5.41) is 3.20. The summed E-state index contributed by atoms with van der Waals surface area (Å²) in [7, 11) is 0. The first kappa shape index (κ1) is 19.6. The number of rotatable bonds is 8. The number of imide groups is 1. The number of ether oxygens (including phenoxy) is 2. The topological polar surface area (TPSA) is 71.1 Å². The minimum atomic E-state index is -0.488. The molecule has 7 nitrogen and oxygen atoms in total. The van der Waals surface area contributed by atoms with Crippen molar-refractivity contribution in [2.75, 3.05) is 49.7 Å². The number of nitrogens with zero attached hydrogens (tertiary/aromatic N) is 2. The van der Waals surface area contributed by atoms with Crippen LogP contribution in [0.25, 0.3) is 0 Å².